The summed E-state index contributed by atoms with van der Waals surface area (Å²) in [5.74, 6) is 0.313. The number of aryl methyl sites for hydroxylation is 1. The lowest BCUT2D eigenvalue weighted by Gasteiger charge is -2.37. The number of nitrogens with zero attached hydrogens (tertiary/aromatic N) is 6. The number of amides is 3. The number of carbonyl (C=O) groups excluding carboxylic acids is 3. The Morgan fingerprint density at radius 2 is 1.66 bits per heavy atom. The third kappa shape index (κ3) is 9.00. The molecule has 13 nitrogen and oxygen atoms in total. The van der Waals surface area contributed by atoms with Crippen LogP contribution < -0.4 is 21.5 Å². The van der Waals surface area contributed by atoms with Crippen LogP contribution in [0.25, 0.3) is 27.8 Å². The maximum atomic E-state index is 15.0. The van der Waals surface area contributed by atoms with Gasteiger partial charge in [0.1, 0.15) is 5.69 Å². The molecule has 1 unspecified atom stereocenters. The van der Waals surface area contributed by atoms with Crippen molar-refractivity contribution in [3.63, 3.8) is 0 Å². The second kappa shape index (κ2) is 17.7. The number of halogens is 1. The Bertz CT molecular complexity index is 2480. The van der Waals surface area contributed by atoms with Crippen LogP contribution in [0.4, 0.5) is 10.3 Å². The number of aromatic nitrogens is 5. The van der Waals surface area contributed by atoms with E-state index in [0.29, 0.717) is 41.9 Å². The average molecular weight is 828 g/mol. The van der Waals surface area contributed by atoms with E-state index in [2.05, 4.69) is 49.0 Å². The predicted octanol–water partition coefficient (Wildman–Crippen LogP) is 6.37. The monoisotopic (exact) mass is 827 g/mol. The zero-order valence-corrected chi connectivity index (χ0v) is 34.7. The second-order valence-corrected chi connectivity index (χ2v) is 17.6. The Morgan fingerprint density at radius 1 is 0.869 bits per heavy atom. The Balaban J connectivity index is 0.703. The number of piperidine rings is 2. The summed E-state index contributed by atoms with van der Waals surface area (Å²) in [4.78, 5) is 61.4. The van der Waals surface area contributed by atoms with Crippen molar-refractivity contribution in [2.45, 2.75) is 101 Å². The summed E-state index contributed by atoms with van der Waals surface area (Å²) in [6.07, 6.45) is 13.3. The van der Waals surface area contributed by atoms with Crippen molar-refractivity contribution in [1.29, 1.82) is 0 Å². The minimum Gasteiger partial charge on any atom is -0.353 e. The molecule has 2 saturated carbocycles. The molecule has 0 spiro atoms. The molecule has 14 heteroatoms. The molecule has 61 heavy (non-hydrogen) atoms. The Kier molecular flexibility index (Phi) is 11.8. The summed E-state index contributed by atoms with van der Waals surface area (Å²) in [5, 5.41) is 14.9. The highest BCUT2D eigenvalue weighted by atomic mass is 19.1. The number of carbonyl (C=O) groups is 3. The van der Waals surface area contributed by atoms with Gasteiger partial charge in [0.15, 0.2) is 5.82 Å². The molecule has 3 N–H and O–H groups in total. The molecular formula is C47H54FN9O4. The highest BCUT2D eigenvalue weighted by Crippen LogP contribution is 2.36. The van der Waals surface area contributed by atoms with Crippen LogP contribution >= 0.6 is 0 Å². The number of fused-ring (bicyclic) bond motifs is 1. The fourth-order valence-electron chi connectivity index (χ4n) is 10.2. The maximum absolute atomic E-state index is 15.0. The predicted molar refractivity (Wildman–Crippen MR) is 231 cm³/mol. The standard InChI is InChI=1S/C47H54FN9O4/c1-55-40-26-32(12-17-37(40)44(54-55)38-18-19-41(58)52-46(38)61)30-20-23-56(24-21-30)28-29-8-10-31(11-9-29)45(60)50-34-13-15-35(16-14-34)51-47-49-27-39(48)43(53-47)33-5-4-6-36(25-33)57-22-3-2-7-42(57)59/h2-7,12,17,22,25-27,29-31,34-35,38H,8-11,13-16,18-21,23-24,28H2,1H3,(H,50,60)(H,49,51,53)(H,52,58,61)/t29-,31-,34?,35?,38?. The molecule has 5 aromatic rings. The smallest absolute Gasteiger partial charge is 0.255 e. The molecule has 2 aromatic carbocycles. The number of likely N-dealkylation sites (tertiary alicyclic amines) is 1. The van der Waals surface area contributed by atoms with Crippen LogP contribution in [0.1, 0.15) is 100 Å². The van der Waals surface area contributed by atoms with E-state index in [1.165, 1.54) is 22.4 Å². The Hall–Kier alpha value is -5.76. The molecule has 5 heterocycles. The molecule has 3 amide bonds. The molecule has 2 saturated heterocycles. The van der Waals surface area contributed by atoms with E-state index in [1.54, 1.807) is 42.6 Å². The fourth-order valence-corrected chi connectivity index (χ4v) is 10.2. The summed E-state index contributed by atoms with van der Waals surface area (Å²) < 4.78 is 18.4. The van der Waals surface area contributed by atoms with Crippen molar-refractivity contribution in [2.24, 2.45) is 18.9 Å². The lowest BCUT2D eigenvalue weighted by Crippen LogP contribution is -2.44. The largest absolute Gasteiger partial charge is 0.353 e. The van der Waals surface area contributed by atoms with Gasteiger partial charge in [-0.05, 0) is 125 Å². The summed E-state index contributed by atoms with van der Waals surface area (Å²) in [6, 6.07) is 18.9. The first-order valence-electron chi connectivity index (χ1n) is 22.1. The number of hydrogen-bond donors (Lipinski definition) is 3. The van der Waals surface area contributed by atoms with Crippen molar-refractivity contribution >= 4 is 34.6 Å². The number of benzene rings is 2. The third-order valence-corrected chi connectivity index (χ3v) is 13.6. The molecule has 318 valence electrons. The van der Waals surface area contributed by atoms with Crippen molar-refractivity contribution in [2.75, 3.05) is 25.0 Å². The first kappa shape index (κ1) is 40.6. The van der Waals surface area contributed by atoms with Crippen LogP contribution in [-0.4, -0.2) is 78.7 Å². The van der Waals surface area contributed by atoms with Crippen LogP contribution in [0.2, 0.25) is 0 Å². The van der Waals surface area contributed by atoms with Gasteiger partial charge in [-0.15, -0.1) is 0 Å². The van der Waals surface area contributed by atoms with Gasteiger partial charge < -0.3 is 15.5 Å². The van der Waals surface area contributed by atoms with E-state index in [4.69, 9.17) is 5.10 Å². The molecule has 3 aromatic heterocycles. The van der Waals surface area contributed by atoms with Crippen molar-refractivity contribution in [3.05, 3.63) is 100 Å². The van der Waals surface area contributed by atoms with E-state index in [1.807, 2.05) is 11.7 Å². The van der Waals surface area contributed by atoms with Crippen LogP contribution in [0.3, 0.4) is 0 Å². The van der Waals surface area contributed by atoms with E-state index in [0.717, 1.165) is 100 Å². The number of imide groups is 1. The van der Waals surface area contributed by atoms with Crippen molar-refractivity contribution in [3.8, 4) is 16.9 Å². The summed E-state index contributed by atoms with van der Waals surface area (Å²) in [5.41, 5.74) is 4.28. The first-order valence-corrected chi connectivity index (χ1v) is 22.1. The molecule has 2 aliphatic heterocycles. The highest BCUT2D eigenvalue weighted by molar-refractivity contribution is 6.02. The minimum absolute atomic E-state index is 0.0697. The summed E-state index contributed by atoms with van der Waals surface area (Å²) >= 11 is 0. The van der Waals surface area contributed by atoms with Crippen molar-refractivity contribution < 1.29 is 18.8 Å². The molecule has 4 aliphatic rings. The van der Waals surface area contributed by atoms with Gasteiger partial charge in [-0.2, -0.15) is 5.10 Å². The first-order chi connectivity index (χ1) is 29.6. The Labute approximate surface area is 354 Å². The van der Waals surface area contributed by atoms with Gasteiger partial charge in [-0.25, -0.2) is 14.4 Å². The van der Waals surface area contributed by atoms with Crippen LogP contribution in [0.5, 0.6) is 0 Å². The molecule has 0 bridgehead atoms. The van der Waals surface area contributed by atoms with Gasteiger partial charge in [-0.1, -0.05) is 30.3 Å². The topological polar surface area (TPSA) is 156 Å². The summed E-state index contributed by atoms with van der Waals surface area (Å²) in [7, 11) is 1.93. The van der Waals surface area contributed by atoms with Crippen molar-refractivity contribution in [1.82, 2.24) is 39.8 Å². The average Bonchev–Trinajstić information content (AvgIpc) is 3.60. The molecule has 2 aliphatic carbocycles. The zero-order valence-electron chi connectivity index (χ0n) is 34.7. The Morgan fingerprint density at radius 3 is 2.43 bits per heavy atom. The van der Waals surface area contributed by atoms with E-state index in [9.17, 15) is 23.6 Å². The lowest BCUT2D eigenvalue weighted by molar-refractivity contribution is -0.134. The third-order valence-electron chi connectivity index (χ3n) is 13.6. The lowest BCUT2D eigenvalue weighted by atomic mass is 9.80. The van der Waals surface area contributed by atoms with Crippen LogP contribution in [0.15, 0.2) is 77.9 Å². The number of nitrogens with one attached hydrogen (secondary N) is 3. The van der Waals surface area contributed by atoms with E-state index in [-0.39, 0.29) is 47.0 Å². The number of rotatable bonds is 10. The van der Waals surface area contributed by atoms with Crippen LogP contribution in [-0.2, 0) is 21.4 Å². The molecule has 0 radical (unpaired) electrons. The quantitative estimate of drug-likeness (QED) is 0.136. The molecule has 4 fully saturated rings. The van der Waals surface area contributed by atoms with Gasteiger partial charge >= 0.3 is 0 Å². The van der Waals surface area contributed by atoms with Gasteiger partial charge in [0.2, 0.25) is 23.7 Å². The normalized spacial score (nSPS) is 24.1. The van der Waals surface area contributed by atoms with Gasteiger partial charge in [0, 0.05) is 66.9 Å². The van der Waals surface area contributed by atoms with E-state index < -0.39 is 11.7 Å². The molecule has 9 rings (SSSR count). The van der Waals surface area contributed by atoms with Gasteiger partial charge in [-0.3, -0.25) is 33.7 Å². The SMILES string of the molecule is Cn1nc(C2CCC(=O)NC2=O)c2ccc(C3CCN(C[C@H]4CC[C@H](C(=O)NC5CCC(Nc6ncc(F)c(-c7cccc(-n8ccccc8=O)c7)n6)CC5)CC4)CC3)cc21. The fraction of sp³-hybridized carbons (Fsp3) is 0.468. The maximum Gasteiger partial charge on any atom is 0.255 e. The second-order valence-electron chi connectivity index (χ2n) is 17.6. The number of anilines is 1. The molecular weight excluding hydrogens is 774 g/mol. The molecule has 1 atom stereocenters. The highest BCUT2D eigenvalue weighted by Gasteiger charge is 2.33. The number of hydrogen-bond acceptors (Lipinski definition) is 9. The minimum atomic E-state index is -0.536. The van der Waals surface area contributed by atoms with Gasteiger partial charge in [0.25, 0.3) is 5.56 Å². The van der Waals surface area contributed by atoms with Crippen LogP contribution in [0, 0.1) is 17.7 Å². The zero-order chi connectivity index (χ0) is 42.0. The van der Waals surface area contributed by atoms with E-state index >= 15 is 0 Å². The number of pyridine rings is 1. The van der Waals surface area contributed by atoms with Gasteiger partial charge in [0.05, 0.1) is 23.3 Å². The summed E-state index contributed by atoms with van der Waals surface area (Å²) in [6.45, 7) is 3.22.